The molecule has 0 amide bonds. The maximum Gasteiger partial charge on any atom is 0.416 e. The van der Waals surface area contributed by atoms with Gasteiger partial charge in [-0.05, 0) is 44.1 Å². The fourth-order valence-electron chi connectivity index (χ4n) is 2.27. The van der Waals surface area contributed by atoms with Gasteiger partial charge < -0.3 is 5.32 Å². The Kier molecular flexibility index (Phi) is 4.67. The van der Waals surface area contributed by atoms with Crippen molar-refractivity contribution in [1.29, 1.82) is 0 Å². The van der Waals surface area contributed by atoms with Crippen LogP contribution in [0, 0.1) is 0 Å². The van der Waals surface area contributed by atoms with Crippen molar-refractivity contribution < 1.29 is 13.2 Å². The lowest BCUT2D eigenvalue weighted by Crippen LogP contribution is -2.10. The molecule has 2 rings (SSSR count). The third-order valence-electron chi connectivity index (χ3n) is 3.43. The van der Waals surface area contributed by atoms with Crippen molar-refractivity contribution in [3.63, 3.8) is 0 Å². The fourth-order valence-corrected chi connectivity index (χ4v) is 2.27. The average molecular weight is 297 g/mol. The summed E-state index contributed by atoms with van der Waals surface area (Å²) in [5.41, 5.74) is 2.05. The maximum atomic E-state index is 12.6. The molecule has 3 nitrogen and oxygen atoms in total. The van der Waals surface area contributed by atoms with E-state index >= 15 is 0 Å². The lowest BCUT2D eigenvalue weighted by atomic mass is 10.0. The van der Waals surface area contributed by atoms with Gasteiger partial charge in [0.2, 0.25) is 0 Å². The number of aromatic nitrogens is 2. The molecule has 0 unspecified atom stereocenters. The standard InChI is InChI=1S/C15H18F3N3/c1-19-9-3-4-14-13(10-20-21(14)2)11-5-7-12(8-6-11)15(16,17)18/h5-8,10,19H,3-4,9H2,1-2H3. The Morgan fingerprint density at radius 2 is 1.86 bits per heavy atom. The SMILES string of the molecule is CNCCCc1c(-c2ccc(C(F)(F)F)cc2)cnn1C. The smallest absolute Gasteiger partial charge is 0.320 e. The summed E-state index contributed by atoms with van der Waals surface area (Å²) in [5, 5.41) is 7.30. The average Bonchev–Trinajstić information content (AvgIpc) is 2.80. The van der Waals surface area contributed by atoms with E-state index in [1.807, 2.05) is 14.1 Å². The van der Waals surface area contributed by atoms with E-state index in [1.54, 1.807) is 10.9 Å². The molecule has 0 aliphatic heterocycles. The van der Waals surface area contributed by atoms with Gasteiger partial charge in [-0.15, -0.1) is 0 Å². The Morgan fingerprint density at radius 1 is 1.19 bits per heavy atom. The number of nitrogens with zero attached hydrogens (tertiary/aromatic N) is 2. The first-order chi connectivity index (χ1) is 9.93. The summed E-state index contributed by atoms with van der Waals surface area (Å²) >= 11 is 0. The van der Waals surface area contributed by atoms with Gasteiger partial charge in [-0.1, -0.05) is 12.1 Å². The molecule has 0 atom stereocenters. The minimum Gasteiger partial charge on any atom is -0.320 e. The Hall–Kier alpha value is -1.82. The van der Waals surface area contributed by atoms with Crippen molar-refractivity contribution in [2.75, 3.05) is 13.6 Å². The summed E-state index contributed by atoms with van der Waals surface area (Å²) in [6.45, 7) is 0.887. The third kappa shape index (κ3) is 3.64. The van der Waals surface area contributed by atoms with Crippen LogP contribution in [0.4, 0.5) is 13.2 Å². The molecule has 0 aliphatic rings. The number of rotatable bonds is 5. The second-order valence-electron chi connectivity index (χ2n) is 4.91. The van der Waals surface area contributed by atoms with E-state index in [0.717, 1.165) is 48.3 Å². The van der Waals surface area contributed by atoms with Crippen molar-refractivity contribution >= 4 is 0 Å². The van der Waals surface area contributed by atoms with Crippen LogP contribution >= 0.6 is 0 Å². The van der Waals surface area contributed by atoms with Crippen LogP contribution in [0.3, 0.4) is 0 Å². The quantitative estimate of drug-likeness (QED) is 0.859. The third-order valence-corrected chi connectivity index (χ3v) is 3.43. The predicted molar refractivity (Wildman–Crippen MR) is 75.9 cm³/mol. The predicted octanol–water partition coefficient (Wildman–Crippen LogP) is 3.26. The number of nitrogens with one attached hydrogen (secondary N) is 1. The molecule has 0 fully saturated rings. The van der Waals surface area contributed by atoms with Crippen LogP contribution in [-0.2, 0) is 19.6 Å². The second-order valence-corrected chi connectivity index (χ2v) is 4.91. The number of hydrogen-bond acceptors (Lipinski definition) is 2. The van der Waals surface area contributed by atoms with Crippen LogP contribution in [0.1, 0.15) is 17.7 Å². The Labute approximate surface area is 121 Å². The second kappa shape index (κ2) is 6.30. The molecule has 1 N–H and O–H groups in total. The first-order valence-electron chi connectivity index (χ1n) is 6.76. The fraction of sp³-hybridized carbons (Fsp3) is 0.400. The van der Waals surface area contributed by atoms with E-state index in [0.29, 0.717) is 0 Å². The molecule has 0 radical (unpaired) electrons. The lowest BCUT2D eigenvalue weighted by molar-refractivity contribution is -0.137. The molecule has 0 spiro atoms. The van der Waals surface area contributed by atoms with E-state index in [2.05, 4.69) is 10.4 Å². The summed E-state index contributed by atoms with van der Waals surface area (Å²) in [5.74, 6) is 0. The van der Waals surface area contributed by atoms with E-state index in [1.165, 1.54) is 12.1 Å². The number of aryl methyl sites for hydroxylation is 1. The molecular weight excluding hydrogens is 279 g/mol. The molecule has 0 aliphatic carbocycles. The summed E-state index contributed by atoms with van der Waals surface area (Å²) in [7, 11) is 3.74. The van der Waals surface area contributed by atoms with Gasteiger partial charge in [-0.3, -0.25) is 4.68 Å². The molecule has 6 heteroatoms. The molecule has 0 bridgehead atoms. The van der Waals surface area contributed by atoms with Crippen LogP contribution < -0.4 is 5.32 Å². The maximum absolute atomic E-state index is 12.6. The molecule has 21 heavy (non-hydrogen) atoms. The van der Waals surface area contributed by atoms with Crippen molar-refractivity contribution in [2.45, 2.75) is 19.0 Å². The van der Waals surface area contributed by atoms with Crippen LogP contribution in [-0.4, -0.2) is 23.4 Å². The summed E-state index contributed by atoms with van der Waals surface area (Å²) in [6.07, 6.45) is -0.822. The van der Waals surface area contributed by atoms with E-state index < -0.39 is 11.7 Å². The molecule has 1 aromatic carbocycles. The summed E-state index contributed by atoms with van der Waals surface area (Å²) in [4.78, 5) is 0. The number of benzene rings is 1. The number of alkyl halides is 3. The highest BCUT2D eigenvalue weighted by molar-refractivity contribution is 5.65. The minimum absolute atomic E-state index is 0.633. The first kappa shape index (κ1) is 15.6. The highest BCUT2D eigenvalue weighted by atomic mass is 19.4. The monoisotopic (exact) mass is 297 g/mol. The zero-order valence-electron chi connectivity index (χ0n) is 12.0. The van der Waals surface area contributed by atoms with Crippen LogP contribution in [0.2, 0.25) is 0 Å². The van der Waals surface area contributed by atoms with Crippen molar-refractivity contribution in [1.82, 2.24) is 15.1 Å². The largest absolute Gasteiger partial charge is 0.416 e. The highest BCUT2D eigenvalue weighted by Crippen LogP contribution is 2.31. The van der Waals surface area contributed by atoms with Gasteiger partial charge in [0, 0.05) is 18.3 Å². The molecule has 2 aromatic rings. The lowest BCUT2D eigenvalue weighted by Gasteiger charge is -2.09. The zero-order valence-corrected chi connectivity index (χ0v) is 12.0. The molecule has 0 saturated heterocycles. The topological polar surface area (TPSA) is 29.9 Å². The van der Waals surface area contributed by atoms with Crippen LogP contribution in [0.25, 0.3) is 11.1 Å². The van der Waals surface area contributed by atoms with Gasteiger partial charge in [0.1, 0.15) is 0 Å². The molecule has 0 saturated carbocycles. The molecule has 1 heterocycles. The molecule has 1 aromatic heterocycles. The van der Waals surface area contributed by atoms with E-state index in [9.17, 15) is 13.2 Å². The van der Waals surface area contributed by atoms with Crippen molar-refractivity contribution in [3.8, 4) is 11.1 Å². The number of hydrogen-bond donors (Lipinski definition) is 1. The van der Waals surface area contributed by atoms with Crippen molar-refractivity contribution in [3.05, 3.63) is 41.7 Å². The molecular formula is C15H18F3N3. The van der Waals surface area contributed by atoms with E-state index in [-0.39, 0.29) is 0 Å². The van der Waals surface area contributed by atoms with E-state index in [4.69, 9.17) is 0 Å². The molecule has 114 valence electrons. The van der Waals surface area contributed by atoms with Gasteiger partial charge in [0.15, 0.2) is 0 Å². The summed E-state index contributed by atoms with van der Waals surface area (Å²) < 4.78 is 39.5. The van der Waals surface area contributed by atoms with Gasteiger partial charge in [-0.2, -0.15) is 18.3 Å². The number of halogens is 3. The van der Waals surface area contributed by atoms with Crippen LogP contribution in [0.5, 0.6) is 0 Å². The van der Waals surface area contributed by atoms with Gasteiger partial charge in [0.25, 0.3) is 0 Å². The van der Waals surface area contributed by atoms with Crippen molar-refractivity contribution in [2.24, 2.45) is 7.05 Å². The van der Waals surface area contributed by atoms with Gasteiger partial charge in [-0.25, -0.2) is 0 Å². The van der Waals surface area contributed by atoms with Gasteiger partial charge >= 0.3 is 6.18 Å². The minimum atomic E-state index is -4.30. The highest BCUT2D eigenvalue weighted by Gasteiger charge is 2.30. The Bertz CT molecular complexity index is 585. The Balaban J connectivity index is 2.26. The Morgan fingerprint density at radius 3 is 2.43 bits per heavy atom. The zero-order chi connectivity index (χ0) is 15.5. The first-order valence-corrected chi connectivity index (χ1v) is 6.76. The normalized spacial score (nSPS) is 11.9. The van der Waals surface area contributed by atoms with Crippen LogP contribution in [0.15, 0.2) is 30.5 Å². The van der Waals surface area contributed by atoms with Gasteiger partial charge in [0.05, 0.1) is 11.8 Å². The summed E-state index contributed by atoms with van der Waals surface area (Å²) in [6, 6.07) is 5.22.